The van der Waals surface area contributed by atoms with E-state index < -0.39 is 0 Å². The first-order chi connectivity index (χ1) is 52.5. The van der Waals surface area contributed by atoms with Crippen molar-refractivity contribution in [2.24, 2.45) is 25.5 Å². The summed E-state index contributed by atoms with van der Waals surface area (Å²) in [7, 11) is 1.60. The predicted molar refractivity (Wildman–Crippen MR) is 428 cm³/mol. The van der Waals surface area contributed by atoms with Crippen LogP contribution in [0.2, 0.25) is 0 Å². The van der Waals surface area contributed by atoms with E-state index in [1.807, 2.05) is 188 Å². The first kappa shape index (κ1) is 71.6. The molecular formula is C82H76N16O7S2. The molecule has 5 aliphatic rings. The van der Waals surface area contributed by atoms with Gasteiger partial charge in [-0.25, -0.2) is 27.1 Å². The Morgan fingerprint density at radius 1 is 0.411 bits per heavy atom. The Kier molecular flexibility index (Phi) is 22.5. The molecule has 9 N–H and O–H groups in total. The van der Waals surface area contributed by atoms with Crippen molar-refractivity contribution in [1.29, 1.82) is 0 Å². The van der Waals surface area contributed by atoms with Crippen molar-refractivity contribution in [2.45, 2.75) is 26.8 Å². The highest BCUT2D eigenvalue weighted by Gasteiger charge is 2.26. The van der Waals surface area contributed by atoms with Gasteiger partial charge in [0.15, 0.2) is 0 Å². The number of methoxy groups -OCH3 is 1. The fraction of sp³-hybridized carbons (Fsp3) is 0.171. The molecule has 0 fully saturated rings. The van der Waals surface area contributed by atoms with Crippen LogP contribution in [0.1, 0.15) is 105 Å². The van der Waals surface area contributed by atoms with E-state index in [0.717, 1.165) is 161 Å². The maximum absolute atomic E-state index is 12.2. The lowest BCUT2D eigenvalue weighted by Crippen LogP contribution is -2.25. The lowest BCUT2D eigenvalue weighted by Gasteiger charge is -2.17. The second-order valence-corrected chi connectivity index (χ2v) is 27.4. The number of amides is 5. The first-order valence-corrected chi connectivity index (χ1v) is 37.3. The lowest BCUT2D eigenvalue weighted by atomic mass is 10.0. The highest BCUT2D eigenvalue weighted by atomic mass is 32.2. The number of benzene rings is 8. The van der Waals surface area contributed by atoms with Crippen molar-refractivity contribution in [3.63, 3.8) is 0 Å². The van der Waals surface area contributed by atoms with Gasteiger partial charge in [-0.2, -0.15) is 49.0 Å². The smallest absolute Gasteiger partial charge is 0.272 e. The molecule has 18 rings (SSSR count). The van der Waals surface area contributed by atoms with Gasteiger partial charge in [0, 0.05) is 151 Å². The van der Waals surface area contributed by atoms with Crippen LogP contribution in [0.15, 0.2) is 238 Å². The summed E-state index contributed by atoms with van der Waals surface area (Å²) in [4.78, 5) is 75.6. The third-order valence-corrected chi connectivity index (χ3v) is 20.6. The van der Waals surface area contributed by atoms with Crippen LogP contribution in [0.5, 0.6) is 5.75 Å². The molecule has 0 unspecified atom stereocenters. The Bertz CT molecular complexity index is 5610. The second kappa shape index (κ2) is 33.6. The molecule has 0 saturated carbocycles. The van der Waals surface area contributed by atoms with Crippen LogP contribution in [0.4, 0.5) is 0 Å². The van der Waals surface area contributed by atoms with Crippen molar-refractivity contribution in [3.8, 4) is 5.75 Å². The summed E-state index contributed by atoms with van der Waals surface area (Å²) in [5.74, 6) is 3.57. The summed E-state index contributed by atoms with van der Waals surface area (Å²) in [6.07, 6.45) is 12.4. The largest absolute Gasteiger partial charge is 0.487 e. The molecule has 10 heterocycles. The number of aromatic amines is 4. The minimum Gasteiger partial charge on any atom is -0.487 e. The Morgan fingerprint density at radius 3 is 1.28 bits per heavy atom. The quantitative estimate of drug-likeness (QED) is 0.0345. The molecular weight excluding hydrogens is 1390 g/mol. The Labute approximate surface area is 623 Å². The molecule has 0 bridgehead atoms. The molecule has 5 aromatic heterocycles. The number of hydrazone groups is 5. The van der Waals surface area contributed by atoms with Gasteiger partial charge in [0.1, 0.15) is 18.1 Å². The Hall–Kier alpha value is -12.4. The van der Waals surface area contributed by atoms with Gasteiger partial charge in [0.05, 0.1) is 57.8 Å². The van der Waals surface area contributed by atoms with Gasteiger partial charge in [0.25, 0.3) is 29.5 Å². The summed E-state index contributed by atoms with van der Waals surface area (Å²) in [6, 6.07) is 58.7. The van der Waals surface area contributed by atoms with Crippen molar-refractivity contribution in [2.75, 3.05) is 63.0 Å². The molecule has 8 aromatic carbocycles. The van der Waals surface area contributed by atoms with Crippen LogP contribution >= 0.6 is 23.5 Å². The maximum atomic E-state index is 12.2. The van der Waals surface area contributed by atoms with Gasteiger partial charge >= 0.3 is 0 Å². The standard InChI is InChI=1S/C19H17N3OS.C17H22N4OS.C17H13N3O2.C17H13N3O.C12H11N3O2/c23-19-14-7-4-8-16-18(14)15(11-20-16)17(21-22-19)12-24-10-9-13-5-2-1-3-6-13;1-3-21(4-2)8-9-23-11-15-13-10-18-14-7-5-6-12(16(13)14)17(22)20-19-15;21-17-12-7-4-8-14-16(12)13(9-18-14)15(19-20-17)10-22-11-5-2-1-3-6-11;21-17-14-7-4-8-15-16(14)13(9-18-19-17)11-20(15)10-12-5-2-1-3-6-12;1-17-6-10-8-5-13-9-4-2-3-7(11(8)9)12(16)15-14-10/h1-8,11,20H,9-10,12H2,(H,22,23);5-7,10,18H,3-4,8-9,11H2,1-2H3,(H,20,22);1-9,18H,10H2,(H,20,21);1-9,11H,10H2,(H,19,21);2-5,13H,6H2,1H3,(H,15,16). The fourth-order valence-corrected chi connectivity index (χ4v) is 15.2. The Balaban J connectivity index is 0.000000113. The zero-order chi connectivity index (χ0) is 73.6. The van der Waals surface area contributed by atoms with Gasteiger partial charge < -0.3 is 38.9 Å². The third kappa shape index (κ3) is 16.0. The number of para-hydroxylation sites is 1. The van der Waals surface area contributed by atoms with Crippen LogP contribution in [-0.2, 0) is 17.7 Å². The van der Waals surface area contributed by atoms with E-state index >= 15 is 0 Å². The number of aryl methyl sites for hydroxylation is 1. The Morgan fingerprint density at radius 2 is 0.813 bits per heavy atom. The molecule has 0 atom stereocenters. The van der Waals surface area contributed by atoms with Crippen LogP contribution in [0, 0.1) is 0 Å². The molecule has 25 heteroatoms. The summed E-state index contributed by atoms with van der Waals surface area (Å²) < 4.78 is 13.0. The predicted octanol–water partition coefficient (Wildman–Crippen LogP) is 13.0. The average Bonchev–Trinajstić information content (AvgIpc) is 1.66. The van der Waals surface area contributed by atoms with Gasteiger partial charge in [-0.05, 0) is 109 Å². The first-order valence-electron chi connectivity index (χ1n) is 35.0. The monoisotopic (exact) mass is 1460 g/mol. The molecule has 0 aliphatic carbocycles. The van der Waals surface area contributed by atoms with E-state index in [1.54, 1.807) is 25.5 Å². The number of carbonyl (C=O) groups excluding carboxylic acids is 5. The average molecular weight is 1460 g/mol. The SMILES string of the molecule is CCN(CC)CCSCC1=NNC(=O)c2cccc3[nH]cc1c23.COCC1=NNC(=O)c2cccc3[nH]cc1c23.O=C1NN=C(COc2ccccc2)c2c[nH]c3cccc1c23.O=C1NN=C(CSCCc2ccccc2)c2c[nH]c3cccc1c23.O=C1NN=Cc2cn(Cc3ccccc3)c3cccc1c23. The molecule has 23 nitrogen and oxygen atoms in total. The van der Waals surface area contributed by atoms with Crippen LogP contribution in [0.3, 0.4) is 0 Å². The summed E-state index contributed by atoms with van der Waals surface area (Å²) >= 11 is 3.69. The number of thioether (sulfide) groups is 2. The van der Waals surface area contributed by atoms with E-state index in [4.69, 9.17) is 9.47 Å². The van der Waals surface area contributed by atoms with Gasteiger partial charge in [0.2, 0.25) is 0 Å². The molecule has 5 amide bonds. The number of rotatable bonds is 19. The minimum atomic E-state index is -0.207. The number of nitrogens with one attached hydrogen (secondary N) is 9. The van der Waals surface area contributed by atoms with Crippen LogP contribution in [0.25, 0.3) is 54.5 Å². The zero-order valence-electron chi connectivity index (χ0n) is 58.9. The molecule has 0 radical (unpaired) electrons. The molecule has 107 heavy (non-hydrogen) atoms. The van der Waals surface area contributed by atoms with Crippen molar-refractivity contribution >= 4 is 137 Å². The van der Waals surface area contributed by atoms with Gasteiger partial charge in [-0.15, -0.1) is 0 Å². The number of hydrogen-bond acceptors (Lipinski definition) is 15. The van der Waals surface area contributed by atoms with Crippen molar-refractivity contribution in [1.82, 2.24) is 56.5 Å². The number of nitrogens with zero attached hydrogens (tertiary/aromatic N) is 7. The maximum Gasteiger partial charge on any atom is 0.272 e. The molecule has 5 aliphatic heterocycles. The number of ether oxygens (including phenoxy) is 2. The summed E-state index contributed by atoms with van der Waals surface area (Å²) in [5, 5.41) is 25.6. The van der Waals surface area contributed by atoms with E-state index in [0.29, 0.717) is 40.1 Å². The van der Waals surface area contributed by atoms with Crippen molar-refractivity contribution < 1.29 is 33.4 Å². The molecule has 0 saturated heterocycles. The van der Waals surface area contributed by atoms with Crippen LogP contribution < -0.4 is 31.9 Å². The summed E-state index contributed by atoms with van der Waals surface area (Å²) in [6.45, 7) is 9.04. The minimum absolute atomic E-state index is 0.139. The number of carbonyl (C=O) groups is 5. The van der Waals surface area contributed by atoms with E-state index in [-0.39, 0.29) is 36.1 Å². The number of aromatic nitrogens is 5. The van der Waals surface area contributed by atoms with Gasteiger partial charge in [-0.1, -0.05) is 123 Å². The summed E-state index contributed by atoms with van der Waals surface area (Å²) in [5.41, 5.74) is 31.8. The topological polar surface area (TPSA) is 297 Å². The normalized spacial score (nSPS) is 13.7. The highest BCUT2D eigenvalue weighted by Crippen LogP contribution is 2.32. The third-order valence-electron chi connectivity index (χ3n) is 18.7. The van der Waals surface area contributed by atoms with Crippen LogP contribution in [-0.4, -0.2) is 151 Å². The highest BCUT2D eigenvalue weighted by molar-refractivity contribution is 8.00. The molecule has 0 spiro atoms. The molecule has 538 valence electrons. The lowest BCUT2D eigenvalue weighted by molar-refractivity contribution is 0.0948. The molecule has 13 aromatic rings. The number of H-pyrrole nitrogens is 4. The number of hydrogen-bond donors (Lipinski definition) is 9. The zero-order valence-corrected chi connectivity index (χ0v) is 60.5. The van der Waals surface area contributed by atoms with E-state index in [2.05, 4.69) is 132 Å². The van der Waals surface area contributed by atoms with E-state index in [1.165, 1.54) is 11.1 Å². The second-order valence-electron chi connectivity index (χ2n) is 25.2. The van der Waals surface area contributed by atoms with Gasteiger partial charge in [-0.3, -0.25) is 24.0 Å². The fourth-order valence-electron chi connectivity index (χ4n) is 13.3. The van der Waals surface area contributed by atoms with E-state index in [9.17, 15) is 24.0 Å². The van der Waals surface area contributed by atoms with Crippen molar-refractivity contribution in [3.05, 3.63) is 280 Å².